The van der Waals surface area contributed by atoms with Gasteiger partial charge in [0.1, 0.15) is 0 Å². The van der Waals surface area contributed by atoms with Gasteiger partial charge in [-0.05, 0) is 38.5 Å². The lowest BCUT2D eigenvalue weighted by atomic mass is 10.2. The van der Waals surface area contributed by atoms with Gasteiger partial charge in [-0.1, -0.05) is 32.9 Å². The molecule has 0 aliphatic carbocycles. The molecule has 0 radical (unpaired) electrons. The molecule has 0 aliphatic heterocycles. The predicted octanol–water partition coefficient (Wildman–Crippen LogP) is 4.26. The summed E-state index contributed by atoms with van der Waals surface area (Å²) in [5.74, 6) is 0. The van der Waals surface area contributed by atoms with Crippen molar-refractivity contribution in [2.75, 3.05) is 19.6 Å². The highest BCUT2D eigenvalue weighted by Gasteiger charge is 2.13. The molecule has 0 bridgehead atoms. The number of rotatable bonds is 10. The molecule has 0 atom stereocenters. The minimum atomic E-state index is 0.0322. The van der Waals surface area contributed by atoms with Crippen LogP contribution in [0.25, 0.3) is 0 Å². The molecular weight excluding hydrogens is 198 g/mol. The Hall–Kier alpha value is -0.340. The standard InChI is InChI=1S/C14H29NO/c1-4-7-8-9-10-11-14-15(16,12-5-2)13-6-3/h7-8H,4-6,9-14H2,1-3H3/b8-7+. The van der Waals surface area contributed by atoms with Crippen LogP contribution in [0.1, 0.15) is 59.3 Å². The average Bonchev–Trinajstić information content (AvgIpc) is 2.24. The predicted molar refractivity (Wildman–Crippen MR) is 72.1 cm³/mol. The summed E-state index contributed by atoms with van der Waals surface area (Å²) in [5.41, 5.74) is 0. The maximum Gasteiger partial charge on any atom is 0.0784 e. The lowest BCUT2D eigenvalue weighted by Gasteiger charge is -2.42. The normalized spacial score (nSPS) is 12.5. The van der Waals surface area contributed by atoms with E-state index in [0.717, 1.165) is 58.2 Å². The molecule has 0 unspecified atom stereocenters. The Morgan fingerprint density at radius 3 is 2.00 bits per heavy atom. The van der Waals surface area contributed by atoms with Gasteiger partial charge in [0.15, 0.2) is 0 Å². The van der Waals surface area contributed by atoms with Gasteiger partial charge in [0.25, 0.3) is 0 Å². The van der Waals surface area contributed by atoms with E-state index in [1.807, 2.05) is 0 Å². The maximum atomic E-state index is 12.3. The summed E-state index contributed by atoms with van der Waals surface area (Å²) < 4.78 is 0.0322. The highest BCUT2D eigenvalue weighted by molar-refractivity contribution is 4.79. The maximum absolute atomic E-state index is 12.3. The molecule has 16 heavy (non-hydrogen) atoms. The van der Waals surface area contributed by atoms with E-state index in [4.69, 9.17) is 0 Å². The smallest absolute Gasteiger partial charge is 0.0784 e. The third-order valence-electron chi connectivity index (χ3n) is 2.85. The van der Waals surface area contributed by atoms with Crippen molar-refractivity contribution < 1.29 is 4.65 Å². The summed E-state index contributed by atoms with van der Waals surface area (Å²) in [5, 5.41) is 12.3. The fourth-order valence-electron chi connectivity index (χ4n) is 2.10. The largest absolute Gasteiger partial charge is 0.633 e. The first-order chi connectivity index (χ1) is 7.68. The van der Waals surface area contributed by atoms with E-state index < -0.39 is 0 Å². The van der Waals surface area contributed by atoms with E-state index in [1.165, 1.54) is 0 Å². The van der Waals surface area contributed by atoms with Gasteiger partial charge < -0.3 is 9.85 Å². The van der Waals surface area contributed by atoms with Gasteiger partial charge >= 0.3 is 0 Å². The third kappa shape index (κ3) is 7.89. The zero-order valence-corrected chi connectivity index (χ0v) is 11.4. The van der Waals surface area contributed by atoms with E-state index in [1.54, 1.807) is 0 Å². The van der Waals surface area contributed by atoms with Crippen molar-refractivity contribution in [3.05, 3.63) is 17.4 Å². The van der Waals surface area contributed by atoms with Crippen LogP contribution < -0.4 is 0 Å². The lowest BCUT2D eigenvalue weighted by Crippen LogP contribution is -2.44. The van der Waals surface area contributed by atoms with Crippen LogP contribution in [0.3, 0.4) is 0 Å². The zero-order valence-electron chi connectivity index (χ0n) is 11.4. The molecule has 0 aromatic heterocycles. The number of unbranched alkanes of at least 4 members (excludes halogenated alkanes) is 2. The van der Waals surface area contributed by atoms with Crippen molar-refractivity contribution in [3.8, 4) is 0 Å². The molecule has 96 valence electrons. The van der Waals surface area contributed by atoms with E-state index in [2.05, 4.69) is 32.9 Å². The van der Waals surface area contributed by atoms with Crippen LogP contribution in [0.5, 0.6) is 0 Å². The van der Waals surface area contributed by atoms with Crippen LogP contribution in [0.4, 0.5) is 0 Å². The Morgan fingerprint density at radius 1 is 0.875 bits per heavy atom. The molecule has 0 saturated heterocycles. The van der Waals surface area contributed by atoms with Crippen LogP contribution in [-0.2, 0) is 0 Å². The fraction of sp³-hybridized carbons (Fsp3) is 0.857. The molecule has 2 nitrogen and oxygen atoms in total. The molecule has 2 heteroatoms. The Labute approximate surface area is 102 Å². The molecule has 0 aromatic rings. The Balaban J connectivity index is 3.71. The van der Waals surface area contributed by atoms with E-state index in [9.17, 15) is 5.21 Å². The second-order valence-electron chi connectivity index (χ2n) is 4.60. The first-order valence-electron chi connectivity index (χ1n) is 6.90. The number of quaternary nitrogens is 1. The van der Waals surface area contributed by atoms with Crippen molar-refractivity contribution in [3.63, 3.8) is 0 Å². The molecule has 0 spiro atoms. The Bertz CT molecular complexity index is 172. The fourth-order valence-corrected chi connectivity index (χ4v) is 2.10. The quantitative estimate of drug-likeness (QED) is 0.237. The van der Waals surface area contributed by atoms with Crippen LogP contribution in [-0.4, -0.2) is 24.3 Å². The van der Waals surface area contributed by atoms with Crippen LogP contribution >= 0.6 is 0 Å². The molecule has 0 heterocycles. The van der Waals surface area contributed by atoms with Gasteiger partial charge in [-0.15, -0.1) is 0 Å². The molecule has 0 amide bonds. The molecule has 0 rings (SSSR count). The highest BCUT2D eigenvalue weighted by atomic mass is 16.5. The SMILES string of the molecule is CC/C=C/CCCC[N+]([O-])(CCC)CCC. The van der Waals surface area contributed by atoms with Gasteiger partial charge in [0.2, 0.25) is 0 Å². The van der Waals surface area contributed by atoms with Crippen molar-refractivity contribution in [2.45, 2.75) is 59.3 Å². The van der Waals surface area contributed by atoms with Crippen molar-refractivity contribution in [1.29, 1.82) is 0 Å². The van der Waals surface area contributed by atoms with Gasteiger partial charge in [0.05, 0.1) is 19.6 Å². The first kappa shape index (κ1) is 15.7. The second kappa shape index (κ2) is 9.86. The van der Waals surface area contributed by atoms with E-state index in [-0.39, 0.29) is 4.65 Å². The minimum absolute atomic E-state index is 0.0322. The number of allylic oxidation sites excluding steroid dienone is 2. The minimum Gasteiger partial charge on any atom is -0.633 e. The van der Waals surface area contributed by atoms with E-state index >= 15 is 0 Å². The molecule has 0 fully saturated rings. The Morgan fingerprint density at radius 2 is 1.50 bits per heavy atom. The lowest BCUT2D eigenvalue weighted by molar-refractivity contribution is -0.881. The van der Waals surface area contributed by atoms with Gasteiger partial charge in [-0.3, -0.25) is 0 Å². The third-order valence-corrected chi connectivity index (χ3v) is 2.85. The summed E-state index contributed by atoms with van der Waals surface area (Å²) in [4.78, 5) is 0. The highest BCUT2D eigenvalue weighted by Crippen LogP contribution is 2.11. The number of hydrogen-bond acceptors (Lipinski definition) is 1. The number of hydrogen-bond donors (Lipinski definition) is 0. The van der Waals surface area contributed by atoms with Crippen molar-refractivity contribution >= 4 is 0 Å². The molecule has 0 N–H and O–H groups in total. The average molecular weight is 227 g/mol. The summed E-state index contributed by atoms with van der Waals surface area (Å²) in [6, 6.07) is 0. The molecule has 0 saturated carbocycles. The second-order valence-corrected chi connectivity index (χ2v) is 4.60. The topological polar surface area (TPSA) is 23.1 Å². The molecular formula is C14H29NO. The summed E-state index contributed by atoms with van der Waals surface area (Å²) in [6.45, 7) is 8.74. The monoisotopic (exact) mass is 227 g/mol. The van der Waals surface area contributed by atoms with Crippen LogP contribution in [0.15, 0.2) is 12.2 Å². The van der Waals surface area contributed by atoms with Crippen molar-refractivity contribution in [2.24, 2.45) is 0 Å². The summed E-state index contributed by atoms with van der Waals surface area (Å²) in [7, 11) is 0. The molecule has 0 aromatic carbocycles. The van der Waals surface area contributed by atoms with Crippen LogP contribution in [0, 0.1) is 5.21 Å². The number of hydroxylamine groups is 3. The van der Waals surface area contributed by atoms with Gasteiger partial charge in [-0.25, -0.2) is 0 Å². The molecule has 0 aliphatic rings. The van der Waals surface area contributed by atoms with Crippen molar-refractivity contribution in [1.82, 2.24) is 0 Å². The first-order valence-corrected chi connectivity index (χ1v) is 6.90. The van der Waals surface area contributed by atoms with Gasteiger partial charge in [0, 0.05) is 0 Å². The zero-order chi connectivity index (χ0) is 12.3. The summed E-state index contributed by atoms with van der Waals surface area (Å²) in [6.07, 6.45) is 10.9. The van der Waals surface area contributed by atoms with Gasteiger partial charge in [-0.2, -0.15) is 0 Å². The summed E-state index contributed by atoms with van der Waals surface area (Å²) >= 11 is 0. The van der Waals surface area contributed by atoms with E-state index in [0.29, 0.717) is 0 Å². The Kier molecular flexibility index (Phi) is 9.65. The number of nitrogens with zero attached hydrogens (tertiary/aromatic N) is 1. The van der Waals surface area contributed by atoms with Crippen LogP contribution in [0.2, 0.25) is 0 Å².